The predicted octanol–water partition coefficient (Wildman–Crippen LogP) is -4.88. The van der Waals surface area contributed by atoms with E-state index in [1.54, 1.807) is 0 Å². The first-order chi connectivity index (χ1) is 24.1. The minimum atomic E-state index is -1.57. The molecule has 3 rings (SSSR count). The third-order valence-electron chi connectivity index (χ3n) is 9.21. The summed E-state index contributed by atoms with van der Waals surface area (Å²) in [6.45, 7) is 5.56. The minimum absolute atomic E-state index is 0.0714. The highest BCUT2D eigenvalue weighted by Crippen LogP contribution is 2.32. The average Bonchev–Trinajstić information content (AvgIpc) is 3.06. The molecule has 51 heavy (non-hydrogen) atoms. The fourth-order valence-corrected chi connectivity index (χ4v) is 6.75. The molecule has 0 saturated carbocycles. The summed E-state index contributed by atoms with van der Waals surface area (Å²) in [5.74, 6) is -2.89. The average molecular weight is 740 g/mol. The number of rotatable bonds is 17. The van der Waals surface area contributed by atoms with Crippen molar-refractivity contribution in [1.82, 2.24) is 16.0 Å². The maximum Gasteiger partial charge on any atom is 0.217 e. The van der Waals surface area contributed by atoms with E-state index in [9.17, 15) is 50.1 Å². The van der Waals surface area contributed by atoms with Crippen LogP contribution in [-0.4, -0.2) is 186 Å². The third kappa shape index (κ3) is 11.7. The molecule has 10 N–H and O–H groups in total. The van der Waals surface area contributed by atoms with Crippen LogP contribution in [0.3, 0.4) is 0 Å². The van der Waals surface area contributed by atoms with Crippen molar-refractivity contribution in [1.29, 1.82) is 0 Å². The lowest BCUT2D eigenvalue weighted by Crippen LogP contribution is -2.66. The van der Waals surface area contributed by atoms with E-state index >= 15 is 0 Å². The molecule has 19 nitrogen and oxygen atoms in total. The number of hydrogen-bond acceptors (Lipinski definition) is 16. The number of aliphatic hydroxyl groups is 7. The van der Waals surface area contributed by atoms with E-state index in [1.165, 1.54) is 20.8 Å². The number of nitrogens with one attached hydrogen (secondary N) is 3. The molecule has 6 unspecified atom stereocenters. The Morgan fingerprint density at radius 3 is 1.59 bits per heavy atom. The topological polar surface area (TPSA) is 284 Å². The third-order valence-corrected chi connectivity index (χ3v) is 9.21. The van der Waals surface area contributed by atoms with Crippen molar-refractivity contribution in [2.45, 2.75) is 114 Å². The van der Waals surface area contributed by atoms with Crippen LogP contribution in [0.15, 0.2) is 0 Å². The van der Waals surface area contributed by atoms with Crippen LogP contribution in [0.1, 0.15) is 34.6 Å². The van der Waals surface area contributed by atoms with Gasteiger partial charge in [0, 0.05) is 39.2 Å². The van der Waals surface area contributed by atoms with Gasteiger partial charge in [-0.3, -0.25) is 14.4 Å². The fourth-order valence-electron chi connectivity index (χ4n) is 6.75. The monoisotopic (exact) mass is 739 g/mol. The first-order valence-electron chi connectivity index (χ1n) is 17.2. The second-order valence-electron chi connectivity index (χ2n) is 13.8. The van der Waals surface area contributed by atoms with Crippen LogP contribution in [0, 0.1) is 17.8 Å². The Balaban J connectivity index is 1.78. The lowest BCUT2D eigenvalue weighted by molar-refractivity contribution is -0.249. The van der Waals surface area contributed by atoms with E-state index in [1.807, 2.05) is 13.8 Å². The van der Waals surface area contributed by atoms with Gasteiger partial charge in [-0.25, -0.2) is 0 Å². The molecule has 3 aliphatic rings. The van der Waals surface area contributed by atoms with Gasteiger partial charge in [0.05, 0.1) is 82.7 Å². The molecule has 0 aromatic carbocycles. The van der Waals surface area contributed by atoms with E-state index in [0.29, 0.717) is 0 Å². The van der Waals surface area contributed by atoms with Gasteiger partial charge in [0.1, 0.15) is 36.6 Å². The second kappa shape index (κ2) is 20.4. The highest BCUT2D eigenvalue weighted by atomic mass is 16.6. The molecule has 296 valence electrons. The van der Waals surface area contributed by atoms with Gasteiger partial charge in [0.15, 0.2) is 6.29 Å². The normalized spacial score (nSPS) is 38.6. The zero-order chi connectivity index (χ0) is 38.0. The molecule has 3 fully saturated rings. The van der Waals surface area contributed by atoms with Gasteiger partial charge in [0.2, 0.25) is 17.7 Å². The van der Waals surface area contributed by atoms with Crippen LogP contribution in [0.5, 0.6) is 0 Å². The molecule has 15 atom stereocenters. The lowest BCUT2D eigenvalue weighted by Gasteiger charge is -2.47. The number of aliphatic hydroxyl groups excluding tert-OH is 7. The maximum absolute atomic E-state index is 12.5. The molecule has 19 heteroatoms. The molecule has 0 aromatic rings. The van der Waals surface area contributed by atoms with Crippen molar-refractivity contribution in [3.8, 4) is 0 Å². The zero-order valence-electron chi connectivity index (χ0n) is 29.7. The quantitative estimate of drug-likeness (QED) is 0.0669. The summed E-state index contributed by atoms with van der Waals surface area (Å²) in [5.41, 5.74) is 0. The number of ether oxygens (including phenoxy) is 6. The van der Waals surface area contributed by atoms with E-state index < -0.39 is 129 Å². The molecule has 3 aliphatic heterocycles. The summed E-state index contributed by atoms with van der Waals surface area (Å²) in [5, 5.41) is 80.1. The first kappa shape index (κ1) is 43.3. The standard InChI is InChI=1S/C32H57N3O16/c1-14(2)9-48-31-19(11-47-12-23-25(33-15(3)39)30(44)29(43)22(8-38)50-23)21(7-37)49-24(26(31)34-16(4)40)13-46-10-18-20(6-36)51-32(45)27(28(18)42)35-17(5)41/h14,18-32,36-38,42-45H,6-13H2,1-5H3,(H,33,39)(H,34,40)(H,35,41)/t18-,19-,20?,21?,22?,23+,24+,25?,26?,27?,28+,29-,30-,31+,32-/m1/s1. The summed E-state index contributed by atoms with van der Waals surface area (Å²) < 4.78 is 35.7. The van der Waals surface area contributed by atoms with Crippen molar-refractivity contribution in [3.05, 3.63) is 0 Å². The van der Waals surface area contributed by atoms with E-state index in [2.05, 4.69) is 16.0 Å². The number of hydrogen-bond donors (Lipinski definition) is 10. The van der Waals surface area contributed by atoms with Gasteiger partial charge in [-0.2, -0.15) is 0 Å². The minimum Gasteiger partial charge on any atom is -0.394 e. The van der Waals surface area contributed by atoms with Gasteiger partial charge in [-0.15, -0.1) is 0 Å². The Morgan fingerprint density at radius 2 is 1.06 bits per heavy atom. The molecule has 0 aliphatic carbocycles. The summed E-state index contributed by atoms with van der Waals surface area (Å²) in [7, 11) is 0. The molecule has 3 saturated heterocycles. The van der Waals surface area contributed by atoms with Crippen molar-refractivity contribution in [2.24, 2.45) is 17.8 Å². The van der Waals surface area contributed by atoms with Gasteiger partial charge in [-0.1, -0.05) is 13.8 Å². The van der Waals surface area contributed by atoms with Crippen molar-refractivity contribution in [3.63, 3.8) is 0 Å². The summed E-state index contributed by atoms with van der Waals surface area (Å²) in [6.07, 6.45) is -11.6. The Kier molecular flexibility index (Phi) is 17.3. The smallest absolute Gasteiger partial charge is 0.217 e. The maximum atomic E-state index is 12.5. The van der Waals surface area contributed by atoms with Crippen molar-refractivity contribution in [2.75, 3.05) is 52.9 Å². The number of amides is 3. The Labute approximate surface area is 296 Å². The highest BCUT2D eigenvalue weighted by molar-refractivity contribution is 5.74. The summed E-state index contributed by atoms with van der Waals surface area (Å²) in [6, 6.07) is -3.07. The predicted molar refractivity (Wildman–Crippen MR) is 173 cm³/mol. The summed E-state index contributed by atoms with van der Waals surface area (Å²) in [4.78, 5) is 36.0. The molecule has 0 radical (unpaired) electrons. The largest absolute Gasteiger partial charge is 0.394 e. The zero-order valence-corrected chi connectivity index (χ0v) is 29.7. The fraction of sp³-hybridized carbons (Fsp3) is 0.906. The van der Waals surface area contributed by atoms with E-state index in [4.69, 9.17) is 28.4 Å². The summed E-state index contributed by atoms with van der Waals surface area (Å²) >= 11 is 0. The van der Waals surface area contributed by atoms with Crippen LogP contribution >= 0.6 is 0 Å². The van der Waals surface area contributed by atoms with Crippen LogP contribution < -0.4 is 16.0 Å². The van der Waals surface area contributed by atoms with Crippen molar-refractivity contribution < 1.29 is 78.6 Å². The highest BCUT2D eigenvalue weighted by Gasteiger charge is 2.49. The molecule has 3 heterocycles. The van der Waals surface area contributed by atoms with Gasteiger partial charge < -0.3 is 80.1 Å². The molecule has 0 spiro atoms. The Morgan fingerprint density at radius 1 is 0.588 bits per heavy atom. The van der Waals surface area contributed by atoms with E-state index in [-0.39, 0.29) is 39.0 Å². The van der Waals surface area contributed by atoms with Crippen molar-refractivity contribution >= 4 is 17.7 Å². The second-order valence-corrected chi connectivity index (χ2v) is 13.8. The van der Waals surface area contributed by atoms with Crippen LogP contribution in [0.2, 0.25) is 0 Å². The van der Waals surface area contributed by atoms with Gasteiger partial charge >= 0.3 is 0 Å². The first-order valence-corrected chi connectivity index (χ1v) is 17.2. The van der Waals surface area contributed by atoms with Gasteiger partial charge in [0.25, 0.3) is 0 Å². The van der Waals surface area contributed by atoms with Crippen LogP contribution in [0.4, 0.5) is 0 Å². The van der Waals surface area contributed by atoms with Crippen LogP contribution in [-0.2, 0) is 42.8 Å². The molecule has 0 aromatic heterocycles. The number of carbonyl (C=O) groups excluding carboxylic acids is 3. The molecule has 3 amide bonds. The molecule has 0 bridgehead atoms. The van der Waals surface area contributed by atoms with Crippen LogP contribution in [0.25, 0.3) is 0 Å². The lowest BCUT2D eigenvalue weighted by atomic mass is 9.85. The SMILES string of the molecule is CC(=O)NC1[C@H](COC[C@@H]2C(CO)O[C@@H](COC[C@@H]3C(CO)O[C@@H](O)C(NC(C)=O)[C@H]3O)C(NC(C)=O)[C@H]2OCC(C)C)OC(CO)[C@@H](O)[C@@H]1O. The molecular formula is C32H57N3O16. The van der Waals surface area contributed by atoms with E-state index in [0.717, 1.165) is 0 Å². The Bertz CT molecular complexity index is 1100. The number of carbonyl (C=O) groups is 3. The van der Waals surface area contributed by atoms with Gasteiger partial charge in [-0.05, 0) is 5.92 Å². The molecular weight excluding hydrogens is 682 g/mol. The Hall–Kier alpha value is -2.11.